The Bertz CT molecular complexity index is 1980. The summed E-state index contributed by atoms with van der Waals surface area (Å²) in [5.74, 6) is 0.169. The van der Waals surface area contributed by atoms with Crippen LogP contribution < -0.4 is 14.8 Å². The maximum Gasteiger partial charge on any atom is 0.407 e. The van der Waals surface area contributed by atoms with E-state index in [9.17, 15) is 27.9 Å². The van der Waals surface area contributed by atoms with Gasteiger partial charge in [-0.1, -0.05) is 41.6 Å². The lowest BCUT2D eigenvalue weighted by Crippen LogP contribution is -2.41. The van der Waals surface area contributed by atoms with Crippen LogP contribution in [0.1, 0.15) is 43.6 Å². The van der Waals surface area contributed by atoms with Gasteiger partial charge in [-0.25, -0.2) is 14.5 Å². The fraction of sp³-hybridized carbons (Fsp3) is 0.343. The monoisotopic (exact) mass is 692 g/mol. The Balaban J connectivity index is 1.19. The van der Waals surface area contributed by atoms with Crippen molar-refractivity contribution in [3.63, 3.8) is 0 Å². The van der Waals surface area contributed by atoms with Gasteiger partial charge < -0.3 is 29.3 Å². The molecule has 2 aromatic carbocycles. The van der Waals surface area contributed by atoms with E-state index in [1.54, 1.807) is 30.1 Å². The minimum absolute atomic E-state index is 0.0424. The number of nitrogens with zero attached hydrogens (tertiary/aromatic N) is 5. The first-order valence-electron chi connectivity index (χ1n) is 15.9. The van der Waals surface area contributed by atoms with E-state index in [0.717, 1.165) is 42.4 Å². The second-order valence-corrected chi connectivity index (χ2v) is 12.6. The molecule has 2 amide bonds. The van der Waals surface area contributed by atoms with E-state index >= 15 is 0 Å². The summed E-state index contributed by atoms with van der Waals surface area (Å²) in [6.45, 7) is 3.12. The summed E-state index contributed by atoms with van der Waals surface area (Å²) in [7, 11) is 1.61. The van der Waals surface area contributed by atoms with Crippen molar-refractivity contribution >= 4 is 28.9 Å². The molecule has 3 aromatic heterocycles. The average molecular weight is 693 g/mol. The van der Waals surface area contributed by atoms with Gasteiger partial charge in [0.05, 0.1) is 25.5 Å². The summed E-state index contributed by atoms with van der Waals surface area (Å²) in [5.41, 5.74) is 1.61. The molecule has 1 fully saturated rings. The van der Waals surface area contributed by atoms with E-state index in [1.165, 1.54) is 4.90 Å². The Kier molecular flexibility index (Phi) is 9.41. The maximum absolute atomic E-state index is 13.4. The van der Waals surface area contributed by atoms with Crippen LogP contribution in [0, 0.1) is 0 Å². The number of pyridine rings is 1. The number of methoxy groups -OCH3 is 1. The van der Waals surface area contributed by atoms with Gasteiger partial charge in [0.25, 0.3) is 0 Å². The third-order valence-electron chi connectivity index (χ3n) is 8.79. The fourth-order valence-corrected chi connectivity index (χ4v) is 5.57. The Morgan fingerprint density at radius 2 is 1.68 bits per heavy atom. The lowest BCUT2D eigenvalue weighted by atomic mass is 9.89. The number of carbonyl (C=O) groups is 2. The molecule has 50 heavy (non-hydrogen) atoms. The molecule has 1 saturated heterocycles. The normalized spacial score (nSPS) is 14.2. The van der Waals surface area contributed by atoms with Crippen molar-refractivity contribution < 1.29 is 41.9 Å². The highest BCUT2D eigenvalue weighted by molar-refractivity contribution is 5.91. The number of alkyl halides is 3. The van der Waals surface area contributed by atoms with Crippen LogP contribution in [0.3, 0.4) is 0 Å². The van der Waals surface area contributed by atoms with Crippen LogP contribution in [0.2, 0.25) is 0 Å². The first kappa shape index (κ1) is 34.3. The van der Waals surface area contributed by atoms with Crippen LogP contribution in [-0.4, -0.2) is 74.4 Å². The molecule has 2 N–H and O–H groups in total. The molecule has 0 bridgehead atoms. The number of likely N-dealkylation sites (tertiary alicyclic amines) is 1. The lowest BCUT2D eigenvalue weighted by molar-refractivity contribution is -0.185. The second kappa shape index (κ2) is 13.7. The van der Waals surface area contributed by atoms with Crippen molar-refractivity contribution in [1.29, 1.82) is 0 Å². The Morgan fingerprint density at radius 3 is 2.32 bits per heavy atom. The van der Waals surface area contributed by atoms with Gasteiger partial charge in [0, 0.05) is 43.8 Å². The summed E-state index contributed by atoms with van der Waals surface area (Å²) >= 11 is 0. The summed E-state index contributed by atoms with van der Waals surface area (Å²) in [5, 5.41) is 20.9. The van der Waals surface area contributed by atoms with Crippen molar-refractivity contribution in [2.75, 3.05) is 25.5 Å². The standard InChI is InChI=1S/C35H35F3N6O6/c1-34(2,35(36,37)38)28-18-29(42-50-28)40-30(45)16-21-4-8-23(9-5-21)24-17-27-31(39-19-24)44(20-22-6-10-25(48-3)11-7-22)41-32(27)49-26-12-14-43(15-13-26)33(46)47/h4-11,17-19,26H,12-16,20H2,1-3H3,(H,46,47)(H,40,42,45). The number of hydrogen-bond acceptors (Lipinski definition) is 8. The number of anilines is 1. The van der Waals surface area contributed by atoms with Crippen LogP contribution in [0.5, 0.6) is 11.6 Å². The van der Waals surface area contributed by atoms with Gasteiger partial charge in [0.2, 0.25) is 11.8 Å². The fourth-order valence-electron chi connectivity index (χ4n) is 5.57. The number of carbonyl (C=O) groups excluding carboxylic acids is 1. The Hall–Kier alpha value is -5.60. The Labute approximate surface area is 284 Å². The molecule has 262 valence electrons. The van der Waals surface area contributed by atoms with Crippen LogP contribution in [0.25, 0.3) is 22.2 Å². The third kappa shape index (κ3) is 7.36. The molecule has 0 spiro atoms. The first-order valence-corrected chi connectivity index (χ1v) is 15.9. The number of amides is 2. The number of piperidine rings is 1. The number of rotatable bonds is 10. The molecule has 5 aromatic rings. The van der Waals surface area contributed by atoms with Crippen molar-refractivity contribution in [3.05, 3.63) is 83.7 Å². The summed E-state index contributed by atoms with van der Waals surface area (Å²) < 4.78 is 58.3. The zero-order chi connectivity index (χ0) is 35.6. The first-order chi connectivity index (χ1) is 23.8. The van der Waals surface area contributed by atoms with Gasteiger partial charge in [0.15, 0.2) is 17.2 Å². The molecule has 0 radical (unpaired) electrons. The number of carboxylic acid groups (broad SMARTS) is 1. The second-order valence-electron chi connectivity index (χ2n) is 12.6. The summed E-state index contributed by atoms with van der Waals surface area (Å²) in [6, 6.07) is 17.9. The minimum Gasteiger partial charge on any atom is -0.497 e. The van der Waals surface area contributed by atoms with Gasteiger partial charge in [-0.2, -0.15) is 13.2 Å². The zero-order valence-corrected chi connectivity index (χ0v) is 27.5. The highest BCUT2D eigenvalue weighted by Crippen LogP contribution is 2.41. The number of aromatic nitrogens is 4. The number of ether oxygens (including phenoxy) is 2. The molecule has 15 heteroatoms. The van der Waals surface area contributed by atoms with E-state index in [4.69, 9.17) is 24.1 Å². The molecule has 0 unspecified atom stereocenters. The molecule has 1 aliphatic heterocycles. The van der Waals surface area contributed by atoms with Gasteiger partial charge in [-0.05, 0) is 48.7 Å². The number of hydrogen-bond donors (Lipinski definition) is 2. The van der Waals surface area contributed by atoms with Crippen molar-refractivity contribution in [2.24, 2.45) is 0 Å². The molecule has 1 aliphatic rings. The van der Waals surface area contributed by atoms with Crippen molar-refractivity contribution in [1.82, 2.24) is 24.8 Å². The topological polar surface area (TPSA) is 145 Å². The molecule has 6 rings (SSSR count). The van der Waals surface area contributed by atoms with Crippen molar-refractivity contribution in [2.45, 2.75) is 57.3 Å². The van der Waals surface area contributed by atoms with Crippen LogP contribution in [0.4, 0.5) is 23.8 Å². The maximum atomic E-state index is 13.4. The van der Waals surface area contributed by atoms with E-state index in [2.05, 4.69) is 10.5 Å². The van der Waals surface area contributed by atoms with E-state index in [1.807, 2.05) is 42.5 Å². The largest absolute Gasteiger partial charge is 0.497 e. The predicted molar refractivity (Wildman–Crippen MR) is 176 cm³/mol. The molecule has 0 saturated carbocycles. The molecular weight excluding hydrogens is 657 g/mol. The lowest BCUT2D eigenvalue weighted by Gasteiger charge is -2.29. The molecule has 4 heterocycles. The van der Waals surface area contributed by atoms with Gasteiger partial charge >= 0.3 is 12.3 Å². The quantitative estimate of drug-likeness (QED) is 0.164. The van der Waals surface area contributed by atoms with E-state index < -0.39 is 29.4 Å². The van der Waals surface area contributed by atoms with Crippen LogP contribution in [0.15, 0.2) is 71.4 Å². The third-order valence-corrected chi connectivity index (χ3v) is 8.79. The van der Waals surface area contributed by atoms with Gasteiger partial charge in [-0.15, -0.1) is 5.10 Å². The smallest absolute Gasteiger partial charge is 0.407 e. The molecular formula is C35H35F3N6O6. The van der Waals surface area contributed by atoms with Gasteiger partial charge in [0.1, 0.15) is 17.3 Å². The molecule has 12 nitrogen and oxygen atoms in total. The van der Waals surface area contributed by atoms with Crippen LogP contribution in [-0.2, 0) is 23.2 Å². The number of nitrogens with one attached hydrogen (secondary N) is 1. The zero-order valence-electron chi connectivity index (χ0n) is 27.5. The van der Waals surface area contributed by atoms with Gasteiger partial charge in [-0.3, -0.25) is 4.79 Å². The predicted octanol–water partition coefficient (Wildman–Crippen LogP) is 6.69. The highest BCUT2D eigenvalue weighted by atomic mass is 19.4. The number of benzene rings is 2. The number of halogens is 3. The summed E-state index contributed by atoms with van der Waals surface area (Å²) in [6.07, 6.45) is -2.96. The summed E-state index contributed by atoms with van der Waals surface area (Å²) in [4.78, 5) is 30.2. The SMILES string of the molecule is COc1ccc(Cn2nc(OC3CCN(C(=O)O)CC3)c3cc(-c4ccc(CC(=O)Nc5cc(C(C)(C)C(F)(F)F)on5)cc4)cnc32)cc1. The van der Waals surface area contributed by atoms with E-state index in [-0.39, 0.29) is 18.3 Å². The Morgan fingerprint density at radius 1 is 1.00 bits per heavy atom. The number of fused-ring (bicyclic) bond motifs is 1. The minimum atomic E-state index is -4.55. The highest BCUT2D eigenvalue weighted by Gasteiger charge is 2.51. The molecule has 0 aliphatic carbocycles. The van der Waals surface area contributed by atoms with Crippen LogP contribution >= 0.6 is 0 Å². The average Bonchev–Trinajstić information content (AvgIpc) is 3.70. The molecule has 0 atom stereocenters. The van der Waals surface area contributed by atoms with E-state index in [0.29, 0.717) is 55.0 Å². The van der Waals surface area contributed by atoms with Crippen molar-refractivity contribution in [3.8, 4) is 22.8 Å².